The number of methoxy groups -OCH3 is 1. The summed E-state index contributed by atoms with van der Waals surface area (Å²) in [4.78, 5) is 17.4. The molecule has 1 amide bonds. The van der Waals surface area contributed by atoms with Crippen LogP contribution in [0.1, 0.15) is 32.4 Å². The third-order valence-corrected chi connectivity index (χ3v) is 5.29. The van der Waals surface area contributed by atoms with Crippen LogP contribution in [-0.2, 0) is 4.79 Å². The van der Waals surface area contributed by atoms with Gasteiger partial charge in [0.1, 0.15) is 12.6 Å². The standard InChI is InChI=1S/C24H35N3O3/c1-6-26(4)23(19-12-10-9-11-13-19)24(28)25-20-14-15-21(29-5)22(18-20)30-17-16-27(7-2)8-3/h9-15,18,23H,6-8,16-17H2,1-5H3,(H,25,28). The quantitative estimate of drug-likeness (QED) is 0.569. The van der Waals surface area contributed by atoms with Gasteiger partial charge in [0.25, 0.3) is 0 Å². The maximum atomic E-state index is 13.1. The fraction of sp³-hybridized carbons (Fsp3) is 0.458. The number of benzene rings is 2. The van der Waals surface area contributed by atoms with Crippen molar-refractivity contribution in [3.8, 4) is 11.5 Å². The lowest BCUT2D eigenvalue weighted by Crippen LogP contribution is -2.34. The minimum Gasteiger partial charge on any atom is -0.493 e. The highest BCUT2D eigenvalue weighted by atomic mass is 16.5. The molecule has 0 saturated carbocycles. The monoisotopic (exact) mass is 413 g/mol. The van der Waals surface area contributed by atoms with Gasteiger partial charge < -0.3 is 19.7 Å². The van der Waals surface area contributed by atoms with Crippen molar-refractivity contribution in [3.05, 3.63) is 54.1 Å². The van der Waals surface area contributed by atoms with Crippen LogP contribution in [0.15, 0.2) is 48.5 Å². The highest BCUT2D eigenvalue weighted by Crippen LogP contribution is 2.31. The van der Waals surface area contributed by atoms with Gasteiger partial charge in [0, 0.05) is 18.3 Å². The molecule has 1 N–H and O–H groups in total. The number of rotatable bonds is 12. The molecule has 0 aliphatic rings. The molecule has 1 unspecified atom stereocenters. The van der Waals surface area contributed by atoms with E-state index in [-0.39, 0.29) is 11.9 Å². The van der Waals surface area contributed by atoms with Gasteiger partial charge in [-0.2, -0.15) is 0 Å². The van der Waals surface area contributed by atoms with Gasteiger partial charge in [-0.3, -0.25) is 9.69 Å². The van der Waals surface area contributed by atoms with Gasteiger partial charge in [-0.15, -0.1) is 0 Å². The van der Waals surface area contributed by atoms with Crippen LogP contribution in [0.5, 0.6) is 11.5 Å². The normalized spacial score (nSPS) is 12.1. The Bertz CT molecular complexity index is 779. The summed E-state index contributed by atoms with van der Waals surface area (Å²) in [6, 6.07) is 14.9. The molecule has 6 nitrogen and oxygen atoms in total. The van der Waals surface area contributed by atoms with E-state index in [2.05, 4.69) is 24.1 Å². The predicted molar refractivity (Wildman–Crippen MR) is 122 cm³/mol. The summed E-state index contributed by atoms with van der Waals surface area (Å²) in [6.45, 7) is 10.4. The topological polar surface area (TPSA) is 54.0 Å². The number of nitrogens with zero attached hydrogens (tertiary/aromatic N) is 2. The van der Waals surface area contributed by atoms with Gasteiger partial charge in [-0.05, 0) is 44.4 Å². The highest BCUT2D eigenvalue weighted by molar-refractivity contribution is 5.95. The SMILES string of the molecule is CCN(CC)CCOc1cc(NC(=O)C(c2ccccc2)N(C)CC)ccc1OC. The molecule has 30 heavy (non-hydrogen) atoms. The number of nitrogens with one attached hydrogen (secondary N) is 1. The van der Waals surface area contributed by atoms with Crippen LogP contribution < -0.4 is 14.8 Å². The Morgan fingerprint density at radius 3 is 2.30 bits per heavy atom. The molecule has 6 heteroatoms. The average Bonchev–Trinajstić information content (AvgIpc) is 2.77. The Morgan fingerprint density at radius 1 is 1.00 bits per heavy atom. The zero-order valence-corrected chi connectivity index (χ0v) is 18.9. The van der Waals surface area contributed by atoms with E-state index in [4.69, 9.17) is 9.47 Å². The number of hydrogen-bond donors (Lipinski definition) is 1. The van der Waals surface area contributed by atoms with Crippen molar-refractivity contribution in [2.75, 3.05) is 52.3 Å². The van der Waals surface area contributed by atoms with E-state index in [1.54, 1.807) is 7.11 Å². The molecular weight excluding hydrogens is 378 g/mol. The van der Waals surface area contributed by atoms with E-state index in [1.165, 1.54) is 0 Å². The van der Waals surface area contributed by atoms with Gasteiger partial charge in [-0.1, -0.05) is 51.1 Å². The second kappa shape index (κ2) is 12.2. The van der Waals surface area contributed by atoms with Crippen LogP contribution in [-0.4, -0.2) is 62.7 Å². The van der Waals surface area contributed by atoms with Gasteiger partial charge in [0.2, 0.25) is 5.91 Å². The van der Waals surface area contributed by atoms with Crippen molar-refractivity contribution in [2.45, 2.75) is 26.8 Å². The number of hydrogen-bond acceptors (Lipinski definition) is 5. The molecule has 0 aliphatic carbocycles. The first kappa shape index (κ1) is 23.7. The molecule has 164 valence electrons. The third-order valence-electron chi connectivity index (χ3n) is 5.29. The summed E-state index contributed by atoms with van der Waals surface area (Å²) in [5.74, 6) is 1.20. The van der Waals surface area contributed by atoms with Crippen LogP contribution in [0.4, 0.5) is 5.69 Å². The van der Waals surface area contributed by atoms with Crippen LogP contribution in [0.25, 0.3) is 0 Å². The van der Waals surface area contributed by atoms with Gasteiger partial charge in [0.05, 0.1) is 7.11 Å². The van der Waals surface area contributed by atoms with E-state index < -0.39 is 0 Å². The fourth-order valence-electron chi connectivity index (χ4n) is 3.33. The largest absolute Gasteiger partial charge is 0.493 e. The molecule has 0 fully saturated rings. The molecule has 0 heterocycles. The summed E-state index contributed by atoms with van der Waals surface area (Å²) in [7, 11) is 3.57. The first-order chi connectivity index (χ1) is 14.5. The molecular formula is C24H35N3O3. The number of amides is 1. The van der Waals surface area contributed by atoms with E-state index in [9.17, 15) is 4.79 Å². The van der Waals surface area contributed by atoms with Crippen LogP contribution in [0.2, 0.25) is 0 Å². The maximum absolute atomic E-state index is 13.1. The lowest BCUT2D eigenvalue weighted by atomic mass is 10.0. The molecule has 2 aromatic rings. The van der Waals surface area contributed by atoms with Crippen molar-refractivity contribution in [1.82, 2.24) is 9.80 Å². The second-order valence-electron chi connectivity index (χ2n) is 7.12. The summed E-state index contributed by atoms with van der Waals surface area (Å²) >= 11 is 0. The Morgan fingerprint density at radius 2 is 1.70 bits per heavy atom. The lowest BCUT2D eigenvalue weighted by Gasteiger charge is -2.26. The molecule has 2 aromatic carbocycles. The van der Waals surface area contributed by atoms with Crippen molar-refractivity contribution < 1.29 is 14.3 Å². The summed E-state index contributed by atoms with van der Waals surface area (Å²) < 4.78 is 11.4. The van der Waals surface area contributed by atoms with E-state index >= 15 is 0 Å². The molecule has 0 spiro atoms. The zero-order chi connectivity index (χ0) is 21.9. The molecule has 0 saturated heterocycles. The van der Waals surface area contributed by atoms with E-state index in [1.807, 2.05) is 67.4 Å². The smallest absolute Gasteiger partial charge is 0.246 e. The summed E-state index contributed by atoms with van der Waals surface area (Å²) in [5.41, 5.74) is 1.65. The zero-order valence-electron chi connectivity index (χ0n) is 18.9. The Labute approximate surface area is 180 Å². The average molecular weight is 414 g/mol. The predicted octanol–water partition coefficient (Wildman–Crippen LogP) is 4.05. The van der Waals surface area contributed by atoms with Crippen molar-refractivity contribution >= 4 is 11.6 Å². The van der Waals surface area contributed by atoms with Crippen molar-refractivity contribution in [1.29, 1.82) is 0 Å². The number of carbonyl (C=O) groups excluding carboxylic acids is 1. The van der Waals surface area contributed by atoms with E-state index in [0.717, 1.165) is 31.7 Å². The molecule has 1 atom stereocenters. The lowest BCUT2D eigenvalue weighted by molar-refractivity contribution is -0.121. The van der Waals surface area contributed by atoms with Gasteiger partial charge >= 0.3 is 0 Å². The summed E-state index contributed by atoms with van der Waals surface area (Å²) in [6.07, 6.45) is 0. The molecule has 0 aliphatic heterocycles. The highest BCUT2D eigenvalue weighted by Gasteiger charge is 2.24. The Kier molecular flexibility index (Phi) is 9.64. The molecule has 0 aromatic heterocycles. The van der Waals surface area contributed by atoms with Crippen LogP contribution >= 0.6 is 0 Å². The maximum Gasteiger partial charge on any atom is 0.246 e. The number of likely N-dealkylation sites (N-methyl/N-ethyl adjacent to an activating group) is 2. The Hall–Kier alpha value is -2.57. The summed E-state index contributed by atoms with van der Waals surface area (Å²) in [5, 5.41) is 3.04. The van der Waals surface area contributed by atoms with Gasteiger partial charge in [-0.25, -0.2) is 0 Å². The van der Waals surface area contributed by atoms with Crippen LogP contribution in [0.3, 0.4) is 0 Å². The minimum atomic E-state index is -0.370. The number of anilines is 1. The third kappa shape index (κ3) is 6.47. The number of ether oxygens (including phenoxy) is 2. The van der Waals surface area contributed by atoms with Gasteiger partial charge in [0.15, 0.2) is 11.5 Å². The van der Waals surface area contributed by atoms with Crippen molar-refractivity contribution in [2.24, 2.45) is 0 Å². The van der Waals surface area contributed by atoms with E-state index in [0.29, 0.717) is 23.8 Å². The minimum absolute atomic E-state index is 0.0789. The molecule has 2 rings (SSSR count). The number of carbonyl (C=O) groups is 1. The van der Waals surface area contributed by atoms with Crippen molar-refractivity contribution in [3.63, 3.8) is 0 Å². The first-order valence-electron chi connectivity index (χ1n) is 10.6. The van der Waals surface area contributed by atoms with Crippen LogP contribution in [0, 0.1) is 0 Å². The molecule has 0 radical (unpaired) electrons. The molecule has 0 bridgehead atoms. The fourth-order valence-corrected chi connectivity index (χ4v) is 3.33. The first-order valence-corrected chi connectivity index (χ1v) is 10.6. The second-order valence-corrected chi connectivity index (χ2v) is 7.12. The Balaban J connectivity index is 2.15.